The average molecular weight is 459 g/mol. The minimum absolute atomic E-state index is 0.0210. The van der Waals surface area contributed by atoms with E-state index in [0.29, 0.717) is 5.69 Å². The van der Waals surface area contributed by atoms with Crippen molar-refractivity contribution in [3.8, 4) is 16.9 Å². The zero-order chi connectivity index (χ0) is 23.3. The van der Waals surface area contributed by atoms with Crippen LogP contribution in [-0.4, -0.2) is 31.5 Å². The van der Waals surface area contributed by atoms with E-state index in [2.05, 4.69) is 20.9 Å². The van der Waals surface area contributed by atoms with Crippen LogP contribution >= 0.6 is 0 Å². The predicted octanol–water partition coefficient (Wildman–Crippen LogP) is 4.93. The van der Waals surface area contributed by atoms with Gasteiger partial charge >= 0.3 is 6.03 Å². The number of nitro groups is 1. The number of aromatic nitrogens is 3. The number of nitro benzene ring substituents is 1. The maximum absolute atomic E-state index is 12.8. The van der Waals surface area contributed by atoms with Crippen LogP contribution in [0.15, 0.2) is 54.7 Å². The van der Waals surface area contributed by atoms with Crippen molar-refractivity contribution in [1.82, 2.24) is 20.3 Å². The summed E-state index contributed by atoms with van der Waals surface area (Å²) in [5.41, 5.74) is 3.01. The lowest BCUT2D eigenvalue weighted by atomic mass is 9.53. The van der Waals surface area contributed by atoms with Crippen molar-refractivity contribution in [3.05, 3.63) is 64.8 Å². The lowest BCUT2D eigenvalue weighted by molar-refractivity contribution is -0.384. The van der Waals surface area contributed by atoms with Gasteiger partial charge in [-0.1, -0.05) is 17.3 Å². The molecule has 2 N–H and O–H groups in total. The Hall–Kier alpha value is -3.75. The Morgan fingerprint density at radius 3 is 2.18 bits per heavy atom. The van der Waals surface area contributed by atoms with Gasteiger partial charge in [-0.05, 0) is 80.5 Å². The molecule has 34 heavy (non-hydrogen) atoms. The molecule has 0 atom stereocenters. The Morgan fingerprint density at radius 1 is 0.971 bits per heavy atom. The van der Waals surface area contributed by atoms with Gasteiger partial charge in [0.2, 0.25) is 0 Å². The lowest BCUT2D eigenvalue weighted by Crippen LogP contribution is -2.60. The number of rotatable bonds is 5. The van der Waals surface area contributed by atoms with Crippen LogP contribution in [0.3, 0.4) is 0 Å². The summed E-state index contributed by atoms with van der Waals surface area (Å²) in [4.78, 5) is 23.3. The van der Waals surface area contributed by atoms with Crippen LogP contribution in [0.5, 0.6) is 0 Å². The Labute approximate surface area is 196 Å². The molecule has 0 unspecified atom stereocenters. The molecule has 0 saturated heterocycles. The Morgan fingerprint density at radius 2 is 1.59 bits per heavy atom. The molecule has 0 spiro atoms. The molecular formula is C25H26N6O3. The molecule has 0 radical (unpaired) electrons. The van der Waals surface area contributed by atoms with Crippen molar-refractivity contribution in [1.29, 1.82) is 0 Å². The zero-order valence-electron chi connectivity index (χ0n) is 18.7. The van der Waals surface area contributed by atoms with Crippen molar-refractivity contribution >= 4 is 17.4 Å². The van der Waals surface area contributed by atoms with Crippen LogP contribution in [-0.2, 0) is 0 Å². The number of anilines is 1. The third-order valence-corrected chi connectivity index (χ3v) is 7.71. The molecule has 9 heteroatoms. The van der Waals surface area contributed by atoms with Gasteiger partial charge in [-0.25, -0.2) is 9.48 Å². The molecule has 3 aromatic rings. The molecule has 4 bridgehead atoms. The fraction of sp³-hybridized carbons (Fsp3) is 0.400. The van der Waals surface area contributed by atoms with Crippen molar-refractivity contribution in [2.24, 2.45) is 17.8 Å². The fourth-order valence-corrected chi connectivity index (χ4v) is 6.73. The van der Waals surface area contributed by atoms with E-state index in [-0.39, 0.29) is 17.3 Å². The minimum Gasteiger partial charge on any atom is -0.332 e. The highest BCUT2D eigenvalue weighted by Crippen LogP contribution is 2.55. The number of non-ortho nitro benzene ring substituents is 1. The lowest BCUT2D eigenvalue weighted by Gasteiger charge is -2.56. The van der Waals surface area contributed by atoms with Gasteiger partial charge in [0.05, 0.1) is 22.5 Å². The van der Waals surface area contributed by atoms with Crippen molar-refractivity contribution in [2.75, 3.05) is 5.32 Å². The molecule has 7 rings (SSSR count). The molecule has 2 aromatic carbocycles. The molecule has 4 fully saturated rings. The average Bonchev–Trinajstić information content (AvgIpc) is 3.28. The largest absolute Gasteiger partial charge is 0.332 e. The highest BCUT2D eigenvalue weighted by Gasteiger charge is 2.51. The summed E-state index contributed by atoms with van der Waals surface area (Å²) in [5, 5.41) is 25.4. The second-order valence-electron chi connectivity index (χ2n) is 10.2. The molecule has 2 amide bonds. The normalized spacial score (nSPS) is 26.9. The number of nitrogens with zero attached hydrogens (tertiary/aromatic N) is 4. The molecule has 4 saturated carbocycles. The van der Waals surface area contributed by atoms with E-state index in [0.717, 1.165) is 54.0 Å². The number of amides is 2. The summed E-state index contributed by atoms with van der Waals surface area (Å²) >= 11 is 0. The Kier molecular flexibility index (Phi) is 4.86. The maximum Gasteiger partial charge on any atom is 0.319 e. The summed E-state index contributed by atoms with van der Waals surface area (Å²) in [6.45, 7) is 0. The Balaban J connectivity index is 1.14. The predicted molar refractivity (Wildman–Crippen MR) is 127 cm³/mol. The van der Waals surface area contributed by atoms with Crippen LogP contribution in [0, 0.1) is 27.9 Å². The molecule has 9 nitrogen and oxygen atoms in total. The quantitative estimate of drug-likeness (QED) is 0.415. The summed E-state index contributed by atoms with van der Waals surface area (Å²) in [6.07, 6.45) is 9.02. The maximum atomic E-state index is 12.8. The van der Waals surface area contributed by atoms with Crippen molar-refractivity contribution in [3.63, 3.8) is 0 Å². The van der Waals surface area contributed by atoms with E-state index >= 15 is 0 Å². The number of carbonyl (C=O) groups is 1. The van der Waals surface area contributed by atoms with Gasteiger partial charge in [0.1, 0.15) is 0 Å². The first-order valence-electron chi connectivity index (χ1n) is 11.8. The highest BCUT2D eigenvalue weighted by molar-refractivity contribution is 5.90. The summed E-state index contributed by atoms with van der Waals surface area (Å²) in [7, 11) is 0. The third kappa shape index (κ3) is 3.81. The molecule has 174 valence electrons. The number of carbonyl (C=O) groups excluding carboxylic acids is 1. The topological polar surface area (TPSA) is 115 Å². The van der Waals surface area contributed by atoms with E-state index in [1.54, 1.807) is 23.0 Å². The fourth-order valence-electron chi connectivity index (χ4n) is 6.73. The number of urea groups is 1. The van der Waals surface area contributed by atoms with Gasteiger partial charge in [0, 0.05) is 28.9 Å². The SMILES string of the molecule is O=C(Nc1ccc(-c2cnnn2-c2ccc([N+](=O)[O-])cc2)cc1)NC12CC3CC(CC(C3)C1)C2. The number of nitrogens with one attached hydrogen (secondary N) is 2. The standard InChI is InChI=1S/C25H26N6O3/c32-24(28-25-12-16-9-17(13-25)11-18(10-16)14-25)27-20-3-1-19(2-4-20)23-15-26-29-30(23)21-5-7-22(8-6-21)31(33)34/h1-8,15-18H,9-14H2,(H2,27,28,32). The van der Waals surface area contributed by atoms with Crippen LogP contribution in [0.2, 0.25) is 0 Å². The van der Waals surface area contributed by atoms with Gasteiger partial charge in [0.25, 0.3) is 5.69 Å². The van der Waals surface area contributed by atoms with E-state index < -0.39 is 4.92 Å². The second kappa shape index (κ2) is 7.93. The van der Waals surface area contributed by atoms with Crippen LogP contribution in [0.4, 0.5) is 16.2 Å². The van der Waals surface area contributed by atoms with Gasteiger partial charge in [-0.3, -0.25) is 10.1 Å². The summed E-state index contributed by atoms with van der Waals surface area (Å²) in [6, 6.07) is 13.6. The molecule has 1 aromatic heterocycles. The van der Waals surface area contributed by atoms with E-state index in [4.69, 9.17) is 0 Å². The van der Waals surface area contributed by atoms with E-state index in [1.807, 2.05) is 24.3 Å². The highest BCUT2D eigenvalue weighted by atomic mass is 16.6. The minimum atomic E-state index is -0.433. The number of hydrogen-bond donors (Lipinski definition) is 2. The van der Waals surface area contributed by atoms with Gasteiger partial charge in [-0.15, -0.1) is 5.10 Å². The molecule has 4 aliphatic rings. The molecule has 0 aliphatic heterocycles. The van der Waals surface area contributed by atoms with Crippen LogP contribution in [0.1, 0.15) is 38.5 Å². The van der Waals surface area contributed by atoms with E-state index in [9.17, 15) is 14.9 Å². The van der Waals surface area contributed by atoms with Gasteiger partial charge < -0.3 is 10.6 Å². The summed E-state index contributed by atoms with van der Waals surface area (Å²) < 4.78 is 1.63. The first kappa shape index (κ1) is 20.8. The molecule has 1 heterocycles. The van der Waals surface area contributed by atoms with Crippen LogP contribution < -0.4 is 10.6 Å². The third-order valence-electron chi connectivity index (χ3n) is 7.71. The molecule has 4 aliphatic carbocycles. The van der Waals surface area contributed by atoms with Gasteiger partial charge in [-0.2, -0.15) is 0 Å². The summed E-state index contributed by atoms with van der Waals surface area (Å²) in [5.74, 6) is 2.33. The smallest absolute Gasteiger partial charge is 0.319 e. The zero-order valence-corrected chi connectivity index (χ0v) is 18.7. The second-order valence-corrected chi connectivity index (χ2v) is 10.2. The number of hydrogen-bond acceptors (Lipinski definition) is 5. The first-order valence-corrected chi connectivity index (χ1v) is 11.8. The Bertz CT molecular complexity index is 1200. The number of benzene rings is 2. The van der Waals surface area contributed by atoms with Crippen LogP contribution in [0.25, 0.3) is 16.9 Å². The first-order chi connectivity index (χ1) is 16.5. The van der Waals surface area contributed by atoms with Gasteiger partial charge in [0.15, 0.2) is 0 Å². The van der Waals surface area contributed by atoms with Crippen molar-refractivity contribution in [2.45, 2.75) is 44.1 Å². The monoisotopic (exact) mass is 458 g/mol. The van der Waals surface area contributed by atoms with E-state index in [1.165, 1.54) is 31.4 Å². The van der Waals surface area contributed by atoms with Crippen molar-refractivity contribution < 1.29 is 9.72 Å². The molecular weight excluding hydrogens is 432 g/mol.